The van der Waals surface area contributed by atoms with Gasteiger partial charge < -0.3 is 26.2 Å². The molecule has 0 aliphatic carbocycles. The van der Waals surface area contributed by atoms with E-state index in [9.17, 15) is 19.5 Å². The predicted molar refractivity (Wildman–Crippen MR) is 106 cm³/mol. The zero-order valence-electron chi connectivity index (χ0n) is 16.4. The summed E-state index contributed by atoms with van der Waals surface area (Å²) in [6, 6.07) is 0.231. The number of nitrogens with one attached hydrogen (secondary N) is 4. The van der Waals surface area contributed by atoms with E-state index in [4.69, 9.17) is 16.0 Å². The molecule has 1 aliphatic heterocycles. The van der Waals surface area contributed by atoms with Crippen LogP contribution in [0.5, 0.6) is 0 Å². The first kappa shape index (κ1) is 23.1. The topological polar surface area (TPSA) is 197 Å². The fraction of sp³-hybridized carbons (Fsp3) is 0.529. The number of aliphatic carboxylic acids is 1. The standard InChI is InChI=1S/C17H26N8O5/c1-20-6-4-10(21-9-22-19)8-13(26)23-11-2-3-14(30-15(11)16(27)28)25-7-5-12(18)24-17(25)29/h2-3,5,7,10-11,14-15,19-21H,4,6,8-9H2,1H3,(H,23,26)(H,27,28)(H2,18,24,29). The third-order valence-corrected chi connectivity index (χ3v) is 4.43. The van der Waals surface area contributed by atoms with Crippen molar-refractivity contribution in [3.63, 3.8) is 0 Å². The summed E-state index contributed by atoms with van der Waals surface area (Å²) in [5.74, 6) is -1.64. The van der Waals surface area contributed by atoms with Gasteiger partial charge in [-0.05, 0) is 32.2 Å². The molecule has 0 aromatic carbocycles. The van der Waals surface area contributed by atoms with Gasteiger partial charge in [-0.15, -0.1) is 0 Å². The van der Waals surface area contributed by atoms with Gasteiger partial charge in [0.25, 0.3) is 0 Å². The Labute approximate surface area is 172 Å². The summed E-state index contributed by atoms with van der Waals surface area (Å²) in [6.07, 6.45) is 2.59. The van der Waals surface area contributed by atoms with Crippen molar-refractivity contribution in [3.05, 3.63) is 34.9 Å². The summed E-state index contributed by atoms with van der Waals surface area (Å²) in [4.78, 5) is 39.7. The van der Waals surface area contributed by atoms with Gasteiger partial charge in [-0.2, -0.15) is 10.1 Å². The highest BCUT2D eigenvalue weighted by Gasteiger charge is 2.35. The van der Waals surface area contributed by atoms with Crippen LogP contribution >= 0.6 is 0 Å². The number of anilines is 1. The molecule has 1 aliphatic rings. The summed E-state index contributed by atoms with van der Waals surface area (Å²) in [7, 11) is 1.78. The molecule has 2 rings (SSSR count). The highest BCUT2D eigenvalue weighted by atomic mass is 16.5. The minimum atomic E-state index is -1.40. The number of carboxylic acid groups (broad SMARTS) is 1. The summed E-state index contributed by atoms with van der Waals surface area (Å²) in [5, 5.41) is 21.3. The Morgan fingerprint density at radius 1 is 1.47 bits per heavy atom. The van der Waals surface area contributed by atoms with Crippen LogP contribution in [0.3, 0.4) is 0 Å². The monoisotopic (exact) mass is 422 g/mol. The molecule has 30 heavy (non-hydrogen) atoms. The van der Waals surface area contributed by atoms with E-state index in [1.807, 2.05) is 0 Å². The molecule has 164 valence electrons. The number of aromatic nitrogens is 2. The molecule has 7 N–H and O–H groups in total. The fourth-order valence-electron chi connectivity index (χ4n) is 2.95. The van der Waals surface area contributed by atoms with Crippen molar-refractivity contribution in [1.29, 1.82) is 5.53 Å². The number of nitrogens with zero attached hydrogens (tertiary/aromatic N) is 3. The number of nitrogen functional groups attached to an aromatic ring is 1. The Morgan fingerprint density at radius 2 is 2.23 bits per heavy atom. The molecule has 0 spiro atoms. The maximum absolute atomic E-state index is 12.4. The van der Waals surface area contributed by atoms with E-state index in [0.717, 1.165) is 4.57 Å². The van der Waals surface area contributed by atoms with E-state index >= 15 is 0 Å². The number of carbonyl (C=O) groups is 2. The van der Waals surface area contributed by atoms with Gasteiger partial charge in [0.2, 0.25) is 5.91 Å². The van der Waals surface area contributed by atoms with Crippen molar-refractivity contribution < 1.29 is 19.4 Å². The van der Waals surface area contributed by atoms with Crippen LogP contribution in [0.15, 0.2) is 34.3 Å². The van der Waals surface area contributed by atoms with E-state index in [2.05, 4.69) is 26.0 Å². The SMILES string of the molecule is CNCCC(CC(=O)NC1C=CC(n2ccc(N)nc2=O)OC1C(=O)O)NCN=N. The highest BCUT2D eigenvalue weighted by Crippen LogP contribution is 2.20. The van der Waals surface area contributed by atoms with Crippen LogP contribution in [0.25, 0.3) is 0 Å². The molecule has 0 saturated carbocycles. The molecular formula is C17H26N8O5. The molecule has 2 heterocycles. The maximum atomic E-state index is 12.4. The van der Waals surface area contributed by atoms with Crippen molar-refractivity contribution in [3.8, 4) is 0 Å². The third kappa shape index (κ3) is 6.43. The van der Waals surface area contributed by atoms with E-state index in [1.54, 1.807) is 7.05 Å². The minimum absolute atomic E-state index is 0.0376. The molecule has 0 radical (unpaired) electrons. The molecule has 0 bridgehead atoms. The summed E-state index contributed by atoms with van der Waals surface area (Å²) < 4.78 is 6.62. The van der Waals surface area contributed by atoms with Crippen molar-refractivity contribution in [1.82, 2.24) is 25.5 Å². The van der Waals surface area contributed by atoms with Crippen molar-refractivity contribution in [2.45, 2.75) is 37.3 Å². The molecule has 13 heteroatoms. The fourth-order valence-corrected chi connectivity index (χ4v) is 2.95. The zero-order chi connectivity index (χ0) is 22.1. The normalized spacial score (nSPS) is 21.7. The van der Waals surface area contributed by atoms with Gasteiger partial charge in [-0.3, -0.25) is 14.7 Å². The maximum Gasteiger partial charge on any atom is 0.351 e. The third-order valence-electron chi connectivity index (χ3n) is 4.43. The number of amides is 1. The van der Waals surface area contributed by atoms with Crippen molar-refractivity contribution >= 4 is 17.7 Å². The molecule has 0 saturated heterocycles. The van der Waals surface area contributed by atoms with Crippen LogP contribution in [0, 0.1) is 5.53 Å². The summed E-state index contributed by atoms with van der Waals surface area (Å²) in [5.41, 5.74) is 11.6. The number of hydrogen-bond donors (Lipinski definition) is 6. The van der Waals surface area contributed by atoms with Crippen molar-refractivity contribution in [2.75, 3.05) is 26.0 Å². The average molecular weight is 422 g/mol. The van der Waals surface area contributed by atoms with E-state index in [1.165, 1.54) is 24.4 Å². The molecule has 1 aromatic heterocycles. The summed E-state index contributed by atoms with van der Waals surface area (Å²) >= 11 is 0. The number of nitrogens with two attached hydrogens (primary N) is 1. The minimum Gasteiger partial charge on any atom is -0.479 e. The average Bonchev–Trinajstić information content (AvgIpc) is 2.70. The lowest BCUT2D eigenvalue weighted by Crippen LogP contribution is -2.51. The van der Waals surface area contributed by atoms with Gasteiger partial charge in [0.05, 0.1) is 6.04 Å². The van der Waals surface area contributed by atoms with Gasteiger partial charge >= 0.3 is 11.7 Å². The molecular weight excluding hydrogens is 396 g/mol. The van der Waals surface area contributed by atoms with Crippen LogP contribution in [0.2, 0.25) is 0 Å². The van der Waals surface area contributed by atoms with E-state index in [0.29, 0.717) is 13.0 Å². The van der Waals surface area contributed by atoms with Crippen LogP contribution in [0.1, 0.15) is 19.1 Å². The Kier molecular flexibility index (Phi) is 8.58. The number of rotatable bonds is 11. The van der Waals surface area contributed by atoms with E-state index < -0.39 is 30.0 Å². The molecule has 4 atom stereocenters. The van der Waals surface area contributed by atoms with Crippen molar-refractivity contribution in [2.24, 2.45) is 5.11 Å². The predicted octanol–water partition coefficient (Wildman–Crippen LogP) is -1.21. The quantitative estimate of drug-likeness (QED) is 0.187. The number of carboxylic acids is 1. The van der Waals surface area contributed by atoms with Gasteiger partial charge in [0, 0.05) is 18.7 Å². The zero-order valence-corrected chi connectivity index (χ0v) is 16.4. The molecule has 1 aromatic rings. The van der Waals surface area contributed by atoms with Gasteiger partial charge in [-0.1, -0.05) is 6.08 Å². The van der Waals surface area contributed by atoms with Gasteiger partial charge in [0.1, 0.15) is 12.5 Å². The lowest BCUT2D eigenvalue weighted by Gasteiger charge is -2.31. The Bertz CT molecular complexity index is 842. The highest BCUT2D eigenvalue weighted by molar-refractivity contribution is 5.80. The first-order valence-corrected chi connectivity index (χ1v) is 9.27. The second-order valence-electron chi connectivity index (χ2n) is 6.62. The lowest BCUT2D eigenvalue weighted by atomic mass is 10.1. The van der Waals surface area contributed by atoms with Crippen LogP contribution < -0.4 is 27.4 Å². The van der Waals surface area contributed by atoms with Crippen LogP contribution in [-0.2, 0) is 14.3 Å². The molecule has 1 amide bonds. The first-order chi connectivity index (χ1) is 14.3. The van der Waals surface area contributed by atoms with E-state index in [-0.39, 0.29) is 30.9 Å². The van der Waals surface area contributed by atoms with Crippen LogP contribution in [0.4, 0.5) is 5.82 Å². The van der Waals surface area contributed by atoms with Gasteiger partial charge in [0.15, 0.2) is 12.3 Å². The van der Waals surface area contributed by atoms with Crippen LogP contribution in [-0.4, -0.2) is 65.0 Å². The first-order valence-electron chi connectivity index (χ1n) is 9.27. The second-order valence-corrected chi connectivity index (χ2v) is 6.62. The number of ether oxygens (including phenoxy) is 1. The molecule has 4 unspecified atom stereocenters. The number of hydrogen-bond acceptors (Lipinski definition) is 10. The largest absolute Gasteiger partial charge is 0.479 e. The van der Waals surface area contributed by atoms with Gasteiger partial charge in [-0.25, -0.2) is 15.1 Å². The summed E-state index contributed by atoms with van der Waals surface area (Å²) in [6.45, 7) is 0.733. The Balaban J connectivity index is 2.08. The Morgan fingerprint density at radius 3 is 2.87 bits per heavy atom. The Hall–Kier alpha value is -3.16. The molecule has 0 fully saturated rings. The smallest absolute Gasteiger partial charge is 0.351 e. The number of carbonyl (C=O) groups excluding carboxylic acids is 1. The lowest BCUT2D eigenvalue weighted by molar-refractivity contribution is -0.159. The molecule has 13 nitrogen and oxygen atoms in total. The second kappa shape index (κ2) is 11.1.